The molecule has 19 heavy (non-hydrogen) atoms. The van der Waals surface area contributed by atoms with Gasteiger partial charge in [0.2, 0.25) is 0 Å². The number of halogens is 2. The minimum atomic E-state index is -0.338. The van der Waals surface area contributed by atoms with Crippen molar-refractivity contribution < 1.29 is 8.78 Å². The van der Waals surface area contributed by atoms with Crippen molar-refractivity contribution in [1.82, 2.24) is 0 Å². The van der Waals surface area contributed by atoms with Gasteiger partial charge in [-0.05, 0) is 37.3 Å². The van der Waals surface area contributed by atoms with Crippen molar-refractivity contribution in [2.45, 2.75) is 13.5 Å². The van der Waals surface area contributed by atoms with E-state index in [2.05, 4.69) is 0 Å². The summed E-state index contributed by atoms with van der Waals surface area (Å²) in [7, 11) is 0. The summed E-state index contributed by atoms with van der Waals surface area (Å²) in [6, 6.07) is 10.9. The lowest BCUT2D eigenvalue weighted by atomic mass is 10.1. The van der Waals surface area contributed by atoms with E-state index in [0.29, 0.717) is 24.3 Å². The molecular weight excluding hydrogens is 246 g/mol. The molecule has 2 N–H and O–H groups in total. The van der Waals surface area contributed by atoms with Crippen LogP contribution in [0.15, 0.2) is 42.5 Å². The zero-order valence-electron chi connectivity index (χ0n) is 10.7. The van der Waals surface area contributed by atoms with Crippen LogP contribution in [0.2, 0.25) is 0 Å². The fraction of sp³-hybridized carbons (Fsp3) is 0.200. The Balaban J connectivity index is 2.24. The maximum absolute atomic E-state index is 13.8. The number of nitrogens with zero attached hydrogens (tertiary/aromatic N) is 1. The van der Waals surface area contributed by atoms with Crippen molar-refractivity contribution in [3.8, 4) is 0 Å². The molecule has 0 radical (unpaired) electrons. The van der Waals surface area contributed by atoms with Gasteiger partial charge in [-0.1, -0.05) is 12.1 Å². The van der Waals surface area contributed by atoms with Crippen LogP contribution < -0.4 is 10.6 Å². The lowest BCUT2D eigenvalue weighted by Gasteiger charge is -2.23. The standard InChI is InChI=1S/C15H16F2N2/c1-2-19(14-5-3-4-12(16)8-14)10-11-6-7-13(18)9-15(11)17/h3-9H,2,10,18H2,1H3. The van der Waals surface area contributed by atoms with E-state index in [9.17, 15) is 8.78 Å². The van der Waals surface area contributed by atoms with Crippen molar-refractivity contribution >= 4 is 11.4 Å². The van der Waals surface area contributed by atoms with E-state index in [4.69, 9.17) is 5.73 Å². The van der Waals surface area contributed by atoms with Crippen molar-refractivity contribution in [3.05, 3.63) is 59.7 Å². The Hall–Kier alpha value is -2.10. The minimum Gasteiger partial charge on any atom is -0.399 e. The van der Waals surface area contributed by atoms with Crippen LogP contribution in [-0.2, 0) is 6.54 Å². The third kappa shape index (κ3) is 3.22. The fourth-order valence-electron chi connectivity index (χ4n) is 1.96. The molecule has 0 unspecified atom stereocenters. The van der Waals surface area contributed by atoms with E-state index in [-0.39, 0.29) is 11.6 Å². The zero-order chi connectivity index (χ0) is 13.8. The molecular formula is C15H16F2N2. The SMILES string of the molecule is CCN(Cc1ccc(N)cc1F)c1cccc(F)c1. The van der Waals surface area contributed by atoms with Gasteiger partial charge < -0.3 is 10.6 Å². The molecule has 0 aliphatic rings. The smallest absolute Gasteiger partial charge is 0.130 e. The van der Waals surface area contributed by atoms with Crippen molar-refractivity contribution in [1.29, 1.82) is 0 Å². The largest absolute Gasteiger partial charge is 0.399 e. The molecule has 0 atom stereocenters. The van der Waals surface area contributed by atoms with Crippen LogP contribution in [0.5, 0.6) is 0 Å². The summed E-state index contributed by atoms with van der Waals surface area (Å²) in [5, 5.41) is 0. The lowest BCUT2D eigenvalue weighted by Crippen LogP contribution is -2.22. The molecule has 0 saturated heterocycles. The molecule has 0 saturated carbocycles. The van der Waals surface area contributed by atoms with Gasteiger partial charge in [0.1, 0.15) is 11.6 Å². The highest BCUT2D eigenvalue weighted by Gasteiger charge is 2.09. The third-order valence-corrected chi connectivity index (χ3v) is 2.99. The van der Waals surface area contributed by atoms with Gasteiger partial charge in [-0.3, -0.25) is 0 Å². The van der Waals surface area contributed by atoms with Gasteiger partial charge in [0, 0.05) is 30.0 Å². The average molecular weight is 262 g/mol. The normalized spacial score (nSPS) is 10.5. The molecule has 2 rings (SSSR count). The summed E-state index contributed by atoms with van der Waals surface area (Å²) in [5.41, 5.74) is 7.19. The van der Waals surface area contributed by atoms with E-state index >= 15 is 0 Å². The number of nitrogens with two attached hydrogens (primary N) is 1. The van der Waals surface area contributed by atoms with Crippen LogP contribution in [-0.4, -0.2) is 6.54 Å². The summed E-state index contributed by atoms with van der Waals surface area (Å²) >= 11 is 0. The molecule has 4 heteroatoms. The van der Waals surface area contributed by atoms with E-state index in [1.54, 1.807) is 18.2 Å². The fourth-order valence-corrected chi connectivity index (χ4v) is 1.96. The first-order valence-electron chi connectivity index (χ1n) is 6.14. The van der Waals surface area contributed by atoms with Gasteiger partial charge in [-0.15, -0.1) is 0 Å². The highest BCUT2D eigenvalue weighted by molar-refractivity contribution is 5.48. The Labute approximate surface area is 111 Å². The number of nitrogen functional groups attached to an aromatic ring is 1. The van der Waals surface area contributed by atoms with E-state index in [0.717, 1.165) is 5.69 Å². The maximum atomic E-state index is 13.8. The quantitative estimate of drug-likeness (QED) is 0.853. The third-order valence-electron chi connectivity index (χ3n) is 2.99. The minimum absolute atomic E-state index is 0.297. The van der Waals surface area contributed by atoms with E-state index in [1.807, 2.05) is 17.9 Å². The zero-order valence-corrected chi connectivity index (χ0v) is 10.7. The van der Waals surface area contributed by atoms with Gasteiger partial charge in [-0.2, -0.15) is 0 Å². The topological polar surface area (TPSA) is 29.3 Å². The molecule has 0 amide bonds. The first kappa shape index (κ1) is 13.3. The van der Waals surface area contributed by atoms with E-state index < -0.39 is 0 Å². The number of anilines is 2. The monoisotopic (exact) mass is 262 g/mol. The molecule has 2 aromatic carbocycles. The molecule has 0 bridgehead atoms. The Morgan fingerprint density at radius 2 is 1.89 bits per heavy atom. The second-order valence-electron chi connectivity index (χ2n) is 4.34. The molecule has 2 aromatic rings. The average Bonchev–Trinajstić information content (AvgIpc) is 2.38. The van der Waals surface area contributed by atoms with Crippen molar-refractivity contribution in [2.75, 3.05) is 17.2 Å². The summed E-state index contributed by atoms with van der Waals surface area (Å²) in [6.07, 6.45) is 0. The second kappa shape index (κ2) is 5.69. The molecule has 100 valence electrons. The molecule has 0 aliphatic carbocycles. The molecule has 0 aliphatic heterocycles. The summed E-state index contributed by atoms with van der Waals surface area (Å²) in [6.45, 7) is 2.99. The van der Waals surface area contributed by atoms with Crippen LogP contribution in [0.4, 0.5) is 20.2 Å². The van der Waals surface area contributed by atoms with Gasteiger partial charge in [0.15, 0.2) is 0 Å². The Morgan fingerprint density at radius 1 is 1.11 bits per heavy atom. The van der Waals surface area contributed by atoms with Crippen molar-refractivity contribution in [3.63, 3.8) is 0 Å². The van der Waals surface area contributed by atoms with Crippen LogP contribution in [0.3, 0.4) is 0 Å². The van der Waals surface area contributed by atoms with E-state index in [1.165, 1.54) is 18.2 Å². The Bertz CT molecular complexity index is 570. The molecule has 0 heterocycles. The number of hydrogen-bond acceptors (Lipinski definition) is 2. The second-order valence-corrected chi connectivity index (χ2v) is 4.34. The van der Waals surface area contributed by atoms with Crippen LogP contribution in [0.25, 0.3) is 0 Å². The first-order valence-corrected chi connectivity index (χ1v) is 6.14. The summed E-state index contributed by atoms with van der Waals surface area (Å²) < 4.78 is 27.0. The predicted molar refractivity (Wildman–Crippen MR) is 73.9 cm³/mol. The highest BCUT2D eigenvalue weighted by Crippen LogP contribution is 2.20. The Kier molecular flexibility index (Phi) is 4.00. The molecule has 0 fully saturated rings. The Morgan fingerprint density at radius 3 is 2.53 bits per heavy atom. The number of rotatable bonds is 4. The van der Waals surface area contributed by atoms with Crippen LogP contribution in [0.1, 0.15) is 12.5 Å². The van der Waals surface area contributed by atoms with Gasteiger partial charge in [0.25, 0.3) is 0 Å². The number of benzene rings is 2. The van der Waals surface area contributed by atoms with Crippen LogP contribution in [0, 0.1) is 11.6 Å². The predicted octanol–water partition coefficient (Wildman–Crippen LogP) is 3.57. The van der Waals surface area contributed by atoms with Gasteiger partial charge in [-0.25, -0.2) is 8.78 Å². The molecule has 0 aromatic heterocycles. The van der Waals surface area contributed by atoms with Crippen LogP contribution >= 0.6 is 0 Å². The number of hydrogen-bond donors (Lipinski definition) is 1. The summed E-state index contributed by atoms with van der Waals surface area (Å²) in [4.78, 5) is 1.90. The summed E-state index contributed by atoms with van der Waals surface area (Å²) in [5.74, 6) is -0.636. The maximum Gasteiger partial charge on any atom is 0.130 e. The first-order chi connectivity index (χ1) is 9.10. The van der Waals surface area contributed by atoms with Gasteiger partial charge >= 0.3 is 0 Å². The molecule has 0 spiro atoms. The van der Waals surface area contributed by atoms with Crippen molar-refractivity contribution in [2.24, 2.45) is 0 Å². The highest BCUT2D eigenvalue weighted by atomic mass is 19.1. The molecule has 2 nitrogen and oxygen atoms in total. The lowest BCUT2D eigenvalue weighted by molar-refractivity contribution is 0.605. The van der Waals surface area contributed by atoms with Gasteiger partial charge in [0.05, 0.1) is 0 Å².